The molecule has 0 spiro atoms. The lowest BCUT2D eigenvalue weighted by atomic mass is 9.76. The van der Waals surface area contributed by atoms with E-state index in [1.54, 1.807) is 7.11 Å². The predicted molar refractivity (Wildman–Crippen MR) is 136 cm³/mol. The van der Waals surface area contributed by atoms with Crippen LogP contribution in [0.2, 0.25) is 13.1 Å². The first-order valence-electron chi connectivity index (χ1n) is 11.4. The second kappa shape index (κ2) is 11.2. The van der Waals surface area contributed by atoms with Gasteiger partial charge < -0.3 is 19.0 Å². The largest absolute Gasteiger partial charge is 0.496 e. The topological polar surface area (TPSA) is 82.1 Å². The molecule has 2 rings (SSSR count). The molecular formula is C25H37BrO6Si. The number of methoxy groups -OCH3 is 1. The SMILES string of the molecule is COc1c(C)c2c(c(C(C)(C)C)c1CC=C(C)CC(CCBr)C(=O)O)C(=O)OC2O[SiH](C)C. The van der Waals surface area contributed by atoms with Crippen LogP contribution in [0.4, 0.5) is 0 Å². The maximum atomic E-state index is 13.0. The number of allylic oxidation sites excluding steroid dienone is 2. The second-order valence-electron chi connectivity index (χ2n) is 9.94. The molecule has 0 aromatic heterocycles. The highest BCUT2D eigenvalue weighted by Crippen LogP contribution is 2.47. The number of alkyl halides is 1. The van der Waals surface area contributed by atoms with Crippen molar-refractivity contribution < 1.29 is 28.6 Å². The van der Waals surface area contributed by atoms with E-state index < -0.39 is 27.2 Å². The Bertz CT molecular complexity index is 932. The number of esters is 1. The Morgan fingerprint density at radius 2 is 1.97 bits per heavy atom. The average molecular weight is 542 g/mol. The van der Waals surface area contributed by atoms with Gasteiger partial charge in [-0.1, -0.05) is 48.4 Å². The van der Waals surface area contributed by atoms with E-state index in [4.69, 9.17) is 13.9 Å². The number of carboxylic acids is 1. The van der Waals surface area contributed by atoms with Gasteiger partial charge in [0.1, 0.15) is 5.75 Å². The third-order valence-corrected chi connectivity index (χ3v) is 7.12. The quantitative estimate of drug-likeness (QED) is 0.174. The first kappa shape index (κ1) is 27.6. The fraction of sp³-hybridized carbons (Fsp3) is 0.600. The zero-order valence-corrected chi connectivity index (χ0v) is 23.7. The molecule has 6 nitrogen and oxygen atoms in total. The van der Waals surface area contributed by atoms with Crippen LogP contribution < -0.4 is 4.74 Å². The third-order valence-electron chi connectivity index (χ3n) is 5.87. The molecule has 1 aliphatic heterocycles. The van der Waals surface area contributed by atoms with Crippen molar-refractivity contribution in [3.63, 3.8) is 0 Å². The van der Waals surface area contributed by atoms with Crippen molar-refractivity contribution in [1.29, 1.82) is 0 Å². The van der Waals surface area contributed by atoms with Gasteiger partial charge in [0.15, 0.2) is 9.04 Å². The predicted octanol–water partition coefficient (Wildman–Crippen LogP) is 5.83. The van der Waals surface area contributed by atoms with Gasteiger partial charge in [-0.05, 0) is 57.2 Å². The summed E-state index contributed by atoms with van der Waals surface area (Å²) in [4.78, 5) is 24.6. The number of carbonyl (C=O) groups excluding carboxylic acids is 1. The van der Waals surface area contributed by atoms with Crippen LogP contribution in [-0.2, 0) is 25.8 Å². The van der Waals surface area contributed by atoms with E-state index in [1.165, 1.54) is 0 Å². The molecule has 8 heteroatoms. The Balaban J connectivity index is 2.62. The van der Waals surface area contributed by atoms with Crippen molar-refractivity contribution in [3.8, 4) is 5.75 Å². The lowest BCUT2D eigenvalue weighted by Gasteiger charge is -2.28. The third kappa shape index (κ3) is 6.28. The van der Waals surface area contributed by atoms with Crippen molar-refractivity contribution in [2.24, 2.45) is 5.92 Å². The normalized spacial score (nSPS) is 17.2. The van der Waals surface area contributed by atoms with Crippen LogP contribution in [0, 0.1) is 12.8 Å². The Kier molecular flexibility index (Phi) is 9.36. The first-order chi connectivity index (χ1) is 15.3. The number of aliphatic carboxylic acids is 1. The molecule has 1 N–H and O–H groups in total. The molecule has 184 valence electrons. The summed E-state index contributed by atoms with van der Waals surface area (Å²) in [6.45, 7) is 14.2. The number of ether oxygens (including phenoxy) is 2. The van der Waals surface area contributed by atoms with Gasteiger partial charge in [0, 0.05) is 22.0 Å². The highest BCUT2D eigenvalue weighted by Gasteiger charge is 2.41. The Hall–Kier alpha value is -1.64. The summed E-state index contributed by atoms with van der Waals surface area (Å²) >= 11 is 3.34. The molecule has 0 radical (unpaired) electrons. The minimum absolute atomic E-state index is 0.342. The number of hydrogen-bond donors (Lipinski definition) is 1. The van der Waals surface area contributed by atoms with Crippen LogP contribution in [0.3, 0.4) is 0 Å². The molecule has 0 saturated carbocycles. The summed E-state index contributed by atoms with van der Waals surface area (Å²) in [6.07, 6.45) is 2.95. The summed E-state index contributed by atoms with van der Waals surface area (Å²) in [5, 5.41) is 10.1. The Morgan fingerprint density at radius 1 is 1.33 bits per heavy atom. The number of cyclic esters (lactones) is 1. The number of carbonyl (C=O) groups is 2. The van der Waals surface area contributed by atoms with Crippen molar-refractivity contribution in [2.45, 2.75) is 78.7 Å². The summed E-state index contributed by atoms with van der Waals surface area (Å²) in [6, 6.07) is 0. The molecule has 0 bridgehead atoms. The standard InChI is InChI=1S/C25H37BrO6Si/c1-14(13-16(11-12-26)22(27)28)9-10-17-20(25(3,4)5)19-18(15(2)21(17)30-6)24(31-23(19)29)32-33(7)8/h9,16,24,33H,10-13H2,1-8H3,(H,27,28). The van der Waals surface area contributed by atoms with Gasteiger partial charge in [0.05, 0.1) is 18.6 Å². The molecule has 2 atom stereocenters. The van der Waals surface area contributed by atoms with Gasteiger partial charge in [-0.15, -0.1) is 0 Å². The van der Waals surface area contributed by atoms with E-state index in [2.05, 4.69) is 42.8 Å². The molecular weight excluding hydrogens is 504 g/mol. The van der Waals surface area contributed by atoms with Crippen LogP contribution in [-0.4, -0.2) is 38.5 Å². The summed E-state index contributed by atoms with van der Waals surface area (Å²) in [7, 11) is 0.182. The second-order valence-corrected chi connectivity index (χ2v) is 13.1. The Morgan fingerprint density at radius 3 is 2.45 bits per heavy atom. The van der Waals surface area contributed by atoms with Crippen LogP contribution in [0.25, 0.3) is 0 Å². The zero-order valence-electron chi connectivity index (χ0n) is 21.0. The number of hydrogen-bond acceptors (Lipinski definition) is 5. The summed E-state index contributed by atoms with van der Waals surface area (Å²) in [5.41, 5.74) is 4.71. The highest BCUT2D eigenvalue weighted by molar-refractivity contribution is 9.09. The van der Waals surface area contributed by atoms with Gasteiger partial charge in [-0.25, -0.2) is 4.79 Å². The minimum Gasteiger partial charge on any atom is -0.496 e. The zero-order chi connectivity index (χ0) is 25.1. The summed E-state index contributed by atoms with van der Waals surface area (Å²) < 4.78 is 17.6. The number of benzene rings is 1. The number of fused-ring (bicyclic) bond motifs is 1. The van der Waals surface area contributed by atoms with Gasteiger partial charge in [-0.2, -0.15) is 0 Å². The molecule has 0 amide bonds. The minimum atomic E-state index is -1.46. The van der Waals surface area contributed by atoms with Gasteiger partial charge in [-0.3, -0.25) is 4.79 Å². The monoisotopic (exact) mass is 540 g/mol. The molecule has 1 aliphatic rings. The van der Waals surface area contributed by atoms with Gasteiger partial charge in [0.25, 0.3) is 0 Å². The maximum absolute atomic E-state index is 13.0. The van der Waals surface area contributed by atoms with Crippen molar-refractivity contribution in [1.82, 2.24) is 0 Å². The van der Waals surface area contributed by atoms with E-state index in [0.717, 1.165) is 33.6 Å². The Labute approximate surface area is 207 Å². The number of halogens is 1. The van der Waals surface area contributed by atoms with E-state index in [-0.39, 0.29) is 11.4 Å². The van der Waals surface area contributed by atoms with Gasteiger partial charge in [0.2, 0.25) is 6.29 Å². The molecule has 0 saturated heterocycles. The first-order valence-corrected chi connectivity index (χ1v) is 15.3. The van der Waals surface area contributed by atoms with Crippen molar-refractivity contribution in [3.05, 3.63) is 39.5 Å². The lowest BCUT2D eigenvalue weighted by molar-refractivity contribution is -0.141. The van der Waals surface area contributed by atoms with E-state index in [0.29, 0.717) is 30.2 Å². The molecule has 0 fully saturated rings. The van der Waals surface area contributed by atoms with Crippen molar-refractivity contribution >= 4 is 36.9 Å². The van der Waals surface area contributed by atoms with E-state index in [9.17, 15) is 14.7 Å². The fourth-order valence-corrected chi connectivity index (χ4v) is 5.73. The molecule has 1 aromatic rings. The molecule has 0 aliphatic carbocycles. The molecule has 1 heterocycles. The smallest absolute Gasteiger partial charge is 0.341 e. The molecule has 1 aromatic carbocycles. The van der Waals surface area contributed by atoms with Crippen LogP contribution in [0.5, 0.6) is 5.75 Å². The van der Waals surface area contributed by atoms with Crippen LogP contribution >= 0.6 is 15.9 Å². The average Bonchev–Trinajstić information content (AvgIpc) is 3.00. The number of rotatable bonds is 10. The van der Waals surface area contributed by atoms with Crippen LogP contribution in [0.15, 0.2) is 11.6 Å². The molecule has 2 unspecified atom stereocenters. The van der Waals surface area contributed by atoms with Gasteiger partial charge >= 0.3 is 11.9 Å². The summed E-state index contributed by atoms with van der Waals surface area (Å²) in [5.74, 6) is -0.841. The maximum Gasteiger partial charge on any atom is 0.341 e. The van der Waals surface area contributed by atoms with E-state index in [1.807, 2.05) is 26.9 Å². The molecule has 33 heavy (non-hydrogen) atoms. The fourth-order valence-electron chi connectivity index (χ4n) is 4.49. The van der Waals surface area contributed by atoms with Crippen LogP contribution in [0.1, 0.15) is 79.4 Å². The highest BCUT2D eigenvalue weighted by atomic mass is 79.9. The number of carboxylic acid groups (broad SMARTS) is 1. The van der Waals surface area contributed by atoms with Crippen molar-refractivity contribution in [2.75, 3.05) is 12.4 Å². The van der Waals surface area contributed by atoms with E-state index >= 15 is 0 Å². The lowest BCUT2D eigenvalue weighted by Crippen LogP contribution is -2.21.